The van der Waals surface area contributed by atoms with E-state index in [0.29, 0.717) is 11.4 Å². The maximum Gasteiger partial charge on any atom is 0.141 e. The van der Waals surface area contributed by atoms with Crippen LogP contribution in [0.1, 0.15) is 5.56 Å². The Bertz CT molecular complexity index is 577. The number of hydrogen-bond acceptors (Lipinski definition) is 3. The molecule has 0 saturated heterocycles. The third-order valence-electron chi connectivity index (χ3n) is 2.81. The Kier molecular flexibility index (Phi) is 4.22. The molecule has 19 heavy (non-hydrogen) atoms. The van der Waals surface area contributed by atoms with Gasteiger partial charge in [-0.15, -0.1) is 11.6 Å². The Hall–Kier alpha value is -1.81. The van der Waals surface area contributed by atoms with Gasteiger partial charge in [0, 0.05) is 24.4 Å². The summed E-state index contributed by atoms with van der Waals surface area (Å²) in [6, 6.07) is 8.94. The minimum atomic E-state index is -0.390. The summed E-state index contributed by atoms with van der Waals surface area (Å²) in [6.07, 6.45) is 1.18. The average molecular weight is 281 g/mol. The number of hydrogen-bond donors (Lipinski definition) is 0. The Morgan fingerprint density at radius 3 is 2.84 bits per heavy atom. The van der Waals surface area contributed by atoms with Crippen LogP contribution in [0.2, 0.25) is 0 Å². The van der Waals surface area contributed by atoms with Gasteiger partial charge in [-0.25, -0.2) is 9.37 Å². The van der Waals surface area contributed by atoms with E-state index in [-0.39, 0.29) is 5.88 Å². The summed E-state index contributed by atoms with van der Waals surface area (Å²) in [5.74, 6) is 1.19. The lowest BCUT2D eigenvalue weighted by Gasteiger charge is -2.21. The van der Waals surface area contributed by atoms with E-state index in [1.165, 1.54) is 12.3 Å². The largest absolute Gasteiger partial charge is 0.497 e. The van der Waals surface area contributed by atoms with Crippen LogP contribution in [0.15, 0.2) is 36.5 Å². The van der Waals surface area contributed by atoms with Crippen LogP contribution in [0.25, 0.3) is 0 Å². The van der Waals surface area contributed by atoms with Crippen LogP contribution >= 0.6 is 11.6 Å². The van der Waals surface area contributed by atoms with E-state index < -0.39 is 5.82 Å². The molecule has 1 aromatic heterocycles. The van der Waals surface area contributed by atoms with Crippen molar-refractivity contribution in [2.24, 2.45) is 0 Å². The quantitative estimate of drug-likeness (QED) is 0.798. The number of nitrogens with zero attached hydrogens (tertiary/aromatic N) is 2. The van der Waals surface area contributed by atoms with Crippen molar-refractivity contribution in [1.82, 2.24) is 4.98 Å². The predicted octanol–water partition coefficient (Wildman–Crippen LogP) is 3.74. The highest BCUT2D eigenvalue weighted by molar-refractivity contribution is 6.17. The minimum absolute atomic E-state index is 0.203. The average Bonchev–Trinajstić information content (AvgIpc) is 2.46. The lowest BCUT2D eigenvalue weighted by Crippen LogP contribution is -2.13. The van der Waals surface area contributed by atoms with E-state index in [1.807, 2.05) is 36.2 Å². The monoisotopic (exact) mass is 280 g/mol. The second-order valence-corrected chi connectivity index (χ2v) is 4.30. The molecule has 0 aliphatic carbocycles. The SMILES string of the molecule is COc1cccc(N(C)c2ncc(F)cc2CCl)c1. The van der Waals surface area contributed by atoms with Gasteiger partial charge >= 0.3 is 0 Å². The Morgan fingerprint density at radius 1 is 1.37 bits per heavy atom. The molecule has 100 valence electrons. The molecule has 0 bridgehead atoms. The summed E-state index contributed by atoms with van der Waals surface area (Å²) in [5.41, 5.74) is 1.54. The topological polar surface area (TPSA) is 25.4 Å². The molecule has 0 spiro atoms. The maximum absolute atomic E-state index is 13.2. The molecule has 0 saturated carbocycles. The number of alkyl halides is 1. The number of rotatable bonds is 4. The van der Waals surface area contributed by atoms with Crippen molar-refractivity contribution in [2.75, 3.05) is 19.1 Å². The Labute approximate surface area is 116 Å². The number of pyridine rings is 1. The lowest BCUT2D eigenvalue weighted by molar-refractivity contribution is 0.415. The molecule has 5 heteroatoms. The number of methoxy groups -OCH3 is 1. The van der Waals surface area contributed by atoms with Gasteiger partial charge in [-0.3, -0.25) is 0 Å². The van der Waals surface area contributed by atoms with Crippen LogP contribution in [0, 0.1) is 5.82 Å². The normalized spacial score (nSPS) is 10.3. The van der Waals surface area contributed by atoms with Gasteiger partial charge in [0.25, 0.3) is 0 Å². The second-order valence-electron chi connectivity index (χ2n) is 4.03. The molecule has 1 aromatic carbocycles. The zero-order valence-corrected chi connectivity index (χ0v) is 11.5. The van der Waals surface area contributed by atoms with Crippen LogP contribution in [0.5, 0.6) is 5.75 Å². The standard InChI is InChI=1S/C14H14ClFN2O/c1-18(12-4-3-5-13(7-12)19-2)14-10(8-15)6-11(16)9-17-14/h3-7,9H,8H2,1-2H3. The van der Waals surface area contributed by atoms with Crippen molar-refractivity contribution in [3.05, 3.63) is 47.9 Å². The molecule has 2 aromatic rings. The first-order valence-corrected chi connectivity index (χ1v) is 6.27. The molecule has 0 unspecified atom stereocenters. The molecular formula is C14H14ClFN2O. The highest BCUT2D eigenvalue weighted by Crippen LogP contribution is 2.28. The van der Waals surface area contributed by atoms with Gasteiger partial charge < -0.3 is 9.64 Å². The van der Waals surface area contributed by atoms with Crippen LogP contribution in [0.4, 0.5) is 15.9 Å². The highest BCUT2D eigenvalue weighted by Gasteiger charge is 2.12. The summed E-state index contributed by atoms with van der Waals surface area (Å²) in [5, 5.41) is 0. The molecule has 0 N–H and O–H groups in total. The van der Waals surface area contributed by atoms with Crippen molar-refractivity contribution in [2.45, 2.75) is 5.88 Å². The molecule has 1 heterocycles. The summed E-state index contributed by atoms with van der Waals surface area (Å²) in [4.78, 5) is 5.95. The summed E-state index contributed by atoms with van der Waals surface area (Å²) in [7, 11) is 3.46. The predicted molar refractivity (Wildman–Crippen MR) is 74.8 cm³/mol. The Morgan fingerprint density at radius 2 is 2.16 bits per heavy atom. The summed E-state index contributed by atoms with van der Waals surface area (Å²) < 4.78 is 18.3. The van der Waals surface area contributed by atoms with Gasteiger partial charge in [0.05, 0.1) is 19.2 Å². The minimum Gasteiger partial charge on any atom is -0.497 e. The third-order valence-corrected chi connectivity index (χ3v) is 3.10. The number of aromatic nitrogens is 1. The van der Waals surface area contributed by atoms with Gasteiger partial charge in [-0.05, 0) is 18.2 Å². The fourth-order valence-corrected chi connectivity index (χ4v) is 2.01. The molecule has 3 nitrogen and oxygen atoms in total. The van der Waals surface area contributed by atoms with E-state index in [1.54, 1.807) is 7.11 Å². The van der Waals surface area contributed by atoms with Crippen molar-refractivity contribution in [3.63, 3.8) is 0 Å². The highest BCUT2D eigenvalue weighted by atomic mass is 35.5. The second kappa shape index (κ2) is 5.89. The fourth-order valence-electron chi connectivity index (χ4n) is 1.82. The van der Waals surface area contributed by atoms with E-state index in [2.05, 4.69) is 4.98 Å². The number of benzene rings is 1. The van der Waals surface area contributed by atoms with Crippen LogP contribution in [-0.2, 0) is 5.88 Å². The molecule has 0 fully saturated rings. The fraction of sp³-hybridized carbons (Fsp3) is 0.214. The summed E-state index contributed by atoms with van der Waals surface area (Å²) >= 11 is 5.84. The van der Waals surface area contributed by atoms with Crippen molar-refractivity contribution >= 4 is 23.1 Å². The van der Waals surface area contributed by atoms with Gasteiger partial charge in [0.1, 0.15) is 17.4 Å². The van der Waals surface area contributed by atoms with E-state index in [0.717, 1.165) is 11.4 Å². The van der Waals surface area contributed by atoms with Crippen LogP contribution in [0.3, 0.4) is 0 Å². The first kappa shape index (κ1) is 13.6. The molecule has 0 aliphatic heterocycles. The molecular weight excluding hydrogens is 267 g/mol. The van der Waals surface area contributed by atoms with Crippen LogP contribution < -0.4 is 9.64 Å². The van der Waals surface area contributed by atoms with Crippen LogP contribution in [-0.4, -0.2) is 19.1 Å². The molecule has 0 radical (unpaired) electrons. The summed E-state index contributed by atoms with van der Waals surface area (Å²) in [6.45, 7) is 0. The lowest BCUT2D eigenvalue weighted by atomic mass is 10.2. The van der Waals surface area contributed by atoms with E-state index in [4.69, 9.17) is 16.3 Å². The smallest absolute Gasteiger partial charge is 0.141 e. The zero-order chi connectivity index (χ0) is 13.8. The zero-order valence-electron chi connectivity index (χ0n) is 10.7. The van der Waals surface area contributed by atoms with Gasteiger partial charge in [-0.1, -0.05) is 6.07 Å². The molecule has 0 aliphatic rings. The molecule has 2 rings (SSSR count). The van der Waals surface area contributed by atoms with Crippen molar-refractivity contribution in [3.8, 4) is 5.75 Å². The van der Waals surface area contributed by atoms with E-state index in [9.17, 15) is 4.39 Å². The maximum atomic E-state index is 13.2. The molecule has 0 atom stereocenters. The van der Waals surface area contributed by atoms with Crippen molar-refractivity contribution < 1.29 is 9.13 Å². The van der Waals surface area contributed by atoms with Gasteiger partial charge in [0.2, 0.25) is 0 Å². The Balaban J connectivity index is 2.40. The first-order chi connectivity index (χ1) is 9.15. The molecule has 0 amide bonds. The van der Waals surface area contributed by atoms with Crippen molar-refractivity contribution in [1.29, 1.82) is 0 Å². The first-order valence-electron chi connectivity index (χ1n) is 5.74. The van der Waals surface area contributed by atoms with E-state index >= 15 is 0 Å². The van der Waals surface area contributed by atoms with Gasteiger partial charge in [0.15, 0.2) is 0 Å². The third kappa shape index (κ3) is 2.96. The number of ether oxygens (including phenoxy) is 1. The van der Waals surface area contributed by atoms with Gasteiger partial charge in [-0.2, -0.15) is 0 Å². The number of anilines is 2. The number of halogens is 2.